The molecule has 0 unspecified atom stereocenters. The Morgan fingerprint density at radius 2 is 2.04 bits per heavy atom. The van der Waals surface area contributed by atoms with Gasteiger partial charge in [0, 0.05) is 13.1 Å². The molecule has 2 aromatic heterocycles. The smallest absolute Gasteiger partial charge is 0.387 e. The van der Waals surface area contributed by atoms with Crippen LogP contribution >= 0.6 is 11.3 Å². The largest absolute Gasteiger partial charge is 0.438 e. The summed E-state index contributed by atoms with van der Waals surface area (Å²) < 4.78 is 6.65. The van der Waals surface area contributed by atoms with Crippen LogP contribution in [0.1, 0.15) is 12.0 Å². The van der Waals surface area contributed by atoms with Crippen LogP contribution in [-0.4, -0.2) is 27.8 Å². The summed E-state index contributed by atoms with van der Waals surface area (Å²) in [7, 11) is 0. The van der Waals surface area contributed by atoms with E-state index >= 15 is 0 Å². The summed E-state index contributed by atoms with van der Waals surface area (Å²) in [6, 6.07) is 14.2. The van der Waals surface area contributed by atoms with Crippen LogP contribution < -0.4 is 5.76 Å². The minimum Gasteiger partial charge on any atom is -0.387 e. The molecule has 0 N–H and O–H groups in total. The second-order valence-electron chi connectivity index (χ2n) is 5.71. The lowest BCUT2D eigenvalue weighted by Gasteiger charge is -2.25. The Balaban J connectivity index is 1.46. The SMILES string of the molecule is O=c1oc(-c2cccs2)nn1CN1CC=C(c2ccccc2)CC1. The maximum Gasteiger partial charge on any atom is 0.438 e. The highest BCUT2D eigenvalue weighted by Gasteiger charge is 2.17. The Kier molecular flexibility index (Phi) is 4.15. The number of nitrogens with zero attached hydrogens (tertiary/aromatic N) is 3. The maximum absolute atomic E-state index is 12.0. The van der Waals surface area contributed by atoms with E-state index in [0.29, 0.717) is 12.6 Å². The van der Waals surface area contributed by atoms with Gasteiger partial charge in [0.25, 0.3) is 5.89 Å². The van der Waals surface area contributed by atoms with Gasteiger partial charge in [0.05, 0.1) is 4.88 Å². The van der Waals surface area contributed by atoms with Gasteiger partial charge in [0.15, 0.2) is 0 Å². The van der Waals surface area contributed by atoms with Crippen LogP contribution in [0.4, 0.5) is 0 Å². The molecule has 0 amide bonds. The summed E-state index contributed by atoms with van der Waals surface area (Å²) >= 11 is 1.51. The number of hydrogen-bond donors (Lipinski definition) is 0. The lowest BCUT2D eigenvalue weighted by atomic mass is 10.00. The lowest BCUT2D eigenvalue weighted by molar-refractivity contribution is 0.220. The van der Waals surface area contributed by atoms with Crippen LogP contribution in [0.25, 0.3) is 16.3 Å². The molecule has 0 bridgehead atoms. The van der Waals surface area contributed by atoms with E-state index in [0.717, 1.165) is 24.4 Å². The van der Waals surface area contributed by atoms with Crippen LogP contribution in [0.3, 0.4) is 0 Å². The van der Waals surface area contributed by atoms with Crippen molar-refractivity contribution in [3.63, 3.8) is 0 Å². The number of thiophene rings is 1. The number of hydrogen-bond acceptors (Lipinski definition) is 5. The molecule has 0 fully saturated rings. The first-order chi connectivity index (χ1) is 11.8. The van der Waals surface area contributed by atoms with Gasteiger partial charge in [-0.25, -0.2) is 4.79 Å². The zero-order valence-electron chi connectivity index (χ0n) is 13.1. The topological polar surface area (TPSA) is 51.3 Å². The van der Waals surface area contributed by atoms with Crippen molar-refractivity contribution in [1.29, 1.82) is 0 Å². The molecule has 122 valence electrons. The molecule has 3 heterocycles. The van der Waals surface area contributed by atoms with E-state index in [1.165, 1.54) is 27.2 Å². The van der Waals surface area contributed by atoms with Crippen LogP contribution in [0.15, 0.2) is 63.1 Å². The third-order valence-electron chi connectivity index (χ3n) is 4.11. The predicted octanol–water partition coefficient (Wildman–Crippen LogP) is 3.31. The molecule has 0 aliphatic carbocycles. The van der Waals surface area contributed by atoms with Crippen LogP contribution in [0, 0.1) is 0 Å². The highest BCUT2D eigenvalue weighted by atomic mass is 32.1. The molecule has 1 aliphatic heterocycles. The average Bonchev–Trinajstić information content (AvgIpc) is 3.27. The molecule has 0 spiro atoms. The first-order valence-corrected chi connectivity index (χ1v) is 8.76. The fourth-order valence-electron chi connectivity index (χ4n) is 2.84. The van der Waals surface area contributed by atoms with E-state index in [1.54, 1.807) is 0 Å². The second-order valence-corrected chi connectivity index (χ2v) is 6.66. The van der Waals surface area contributed by atoms with Gasteiger partial charge in [0.1, 0.15) is 6.67 Å². The molecule has 0 saturated heterocycles. The Morgan fingerprint density at radius 1 is 1.17 bits per heavy atom. The molecule has 4 rings (SSSR count). The molecule has 0 radical (unpaired) electrons. The average molecular weight is 339 g/mol. The first kappa shape index (κ1) is 15.1. The zero-order valence-corrected chi connectivity index (χ0v) is 13.9. The molecule has 1 aliphatic rings. The quantitative estimate of drug-likeness (QED) is 0.732. The van der Waals surface area contributed by atoms with Gasteiger partial charge in [-0.2, -0.15) is 4.68 Å². The number of benzene rings is 1. The molecule has 5 nitrogen and oxygen atoms in total. The van der Waals surface area contributed by atoms with Crippen molar-refractivity contribution in [2.75, 3.05) is 13.1 Å². The van der Waals surface area contributed by atoms with Gasteiger partial charge in [-0.1, -0.05) is 42.5 Å². The summed E-state index contributed by atoms with van der Waals surface area (Å²) in [6.45, 7) is 2.15. The lowest BCUT2D eigenvalue weighted by Crippen LogP contribution is -2.34. The van der Waals surface area contributed by atoms with Crippen molar-refractivity contribution in [3.05, 3.63) is 70.0 Å². The van der Waals surface area contributed by atoms with E-state index in [9.17, 15) is 4.79 Å². The van der Waals surface area contributed by atoms with E-state index < -0.39 is 5.76 Å². The third kappa shape index (κ3) is 3.11. The van der Waals surface area contributed by atoms with Crippen LogP contribution in [0.5, 0.6) is 0 Å². The first-order valence-electron chi connectivity index (χ1n) is 7.88. The molecule has 0 saturated carbocycles. The van der Waals surface area contributed by atoms with E-state index in [-0.39, 0.29) is 0 Å². The maximum atomic E-state index is 12.0. The van der Waals surface area contributed by atoms with Gasteiger partial charge >= 0.3 is 5.76 Å². The van der Waals surface area contributed by atoms with Gasteiger partial charge in [0.2, 0.25) is 0 Å². The molecule has 1 aromatic carbocycles. The van der Waals surface area contributed by atoms with Gasteiger partial charge in [-0.05, 0) is 29.0 Å². The fourth-order valence-corrected chi connectivity index (χ4v) is 3.48. The van der Waals surface area contributed by atoms with Crippen molar-refractivity contribution in [2.45, 2.75) is 13.1 Å². The molecule has 0 atom stereocenters. The second kappa shape index (κ2) is 6.59. The number of aromatic nitrogens is 2. The summed E-state index contributed by atoms with van der Waals surface area (Å²) in [5, 5.41) is 6.25. The minimum absolute atomic E-state index is 0.396. The molecular formula is C18H17N3O2S. The molecule has 24 heavy (non-hydrogen) atoms. The highest BCUT2D eigenvalue weighted by molar-refractivity contribution is 7.13. The van der Waals surface area contributed by atoms with E-state index in [4.69, 9.17) is 4.42 Å². The van der Waals surface area contributed by atoms with Gasteiger partial charge < -0.3 is 4.42 Å². The van der Waals surface area contributed by atoms with E-state index in [1.807, 2.05) is 23.6 Å². The minimum atomic E-state index is -0.406. The molecule has 3 aromatic rings. The monoisotopic (exact) mass is 339 g/mol. The Hall–Kier alpha value is -2.44. The summed E-state index contributed by atoms with van der Waals surface area (Å²) in [6.07, 6.45) is 3.19. The zero-order chi connectivity index (χ0) is 16.4. The molecular weight excluding hydrogens is 322 g/mol. The Morgan fingerprint density at radius 3 is 2.75 bits per heavy atom. The van der Waals surface area contributed by atoms with Crippen molar-refractivity contribution < 1.29 is 4.42 Å². The van der Waals surface area contributed by atoms with Crippen molar-refractivity contribution >= 4 is 16.9 Å². The Labute approximate surface area is 143 Å². The highest BCUT2D eigenvalue weighted by Crippen LogP contribution is 2.23. The van der Waals surface area contributed by atoms with Crippen molar-refractivity contribution in [2.24, 2.45) is 0 Å². The van der Waals surface area contributed by atoms with Crippen LogP contribution in [0.2, 0.25) is 0 Å². The standard InChI is InChI=1S/C18H17N3O2S/c22-18-21(19-17(23-18)16-7-4-12-24-16)13-20-10-8-15(9-11-20)14-5-2-1-3-6-14/h1-8,12H,9-11,13H2. The fraction of sp³-hybridized carbons (Fsp3) is 0.222. The summed E-state index contributed by atoms with van der Waals surface area (Å²) in [5.41, 5.74) is 2.63. The Bertz CT molecular complexity index is 894. The normalized spacial score (nSPS) is 15.4. The van der Waals surface area contributed by atoms with Gasteiger partial charge in [-0.15, -0.1) is 16.4 Å². The van der Waals surface area contributed by atoms with Crippen molar-refractivity contribution in [1.82, 2.24) is 14.7 Å². The third-order valence-corrected chi connectivity index (χ3v) is 4.97. The van der Waals surface area contributed by atoms with E-state index in [2.05, 4.69) is 40.3 Å². The number of rotatable bonds is 4. The predicted molar refractivity (Wildman–Crippen MR) is 94.7 cm³/mol. The summed E-state index contributed by atoms with van der Waals surface area (Å²) in [4.78, 5) is 15.1. The van der Waals surface area contributed by atoms with Crippen molar-refractivity contribution in [3.8, 4) is 10.8 Å². The van der Waals surface area contributed by atoms with Gasteiger partial charge in [-0.3, -0.25) is 4.90 Å². The molecule has 6 heteroatoms. The van der Waals surface area contributed by atoms with Crippen LogP contribution in [-0.2, 0) is 6.67 Å². The summed E-state index contributed by atoms with van der Waals surface area (Å²) in [5.74, 6) is -0.0104.